The highest BCUT2D eigenvalue weighted by Gasteiger charge is 2.27. The lowest BCUT2D eigenvalue weighted by Crippen LogP contribution is -2.06. The average Bonchev–Trinajstić information content (AvgIpc) is 3.50. The van der Waals surface area contributed by atoms with Gasteiger partial charge in [-0.05, 0) is 23.8 Å². The van der Waals surface area contributed by atoms with E-state index in [1.54, 1.807) is 13.3 Å². The first-order valence-corrected chi connectivity index (χ1v) is 10.6. The molecule has 1 aliphatic heterocycles. The van der Waals surface area contributed by atoms with Crippen molar-refractivity contribution < 1.29 is 28.5 Å². The van der Waals surface area contributed by atoms with E-state index in [1.165, 1.54) is 18.4 Å². The van der Waals surface area contributed by atoms with E-state index in [0.717, 1.165) is 32.3 Å². The van der Waals surface area contributed by atoms with Gasteiger partial charge in [-0.15, -0.1) is 11.3 Å². The molecule has 0 radical (unpaired) electrons. The SMILES string of the molecule is COC(=O)Cc1cnc(-c2cccc(OCc3ccc(OC)cc3)c2C2OCCO2)s1. The van der Waals surface area contributed by atoms with Gasteiger partial charge in [-0.3, -0.25) is 4.79 Å². The molecule has 1 saturated heterocycles. The Labute approximate surface area is 184 Å². The number of thiazole rings is 1. The first-order chi connectivity index (χ1) is 15.2. The highest BCUT2D eigenvalue weighted by molar-refractivity contribution is 7.15. The molecule has 7 nitrogen and oxygen atoms in total. The molecule has 1 aromatic heterocycles. The quantitative estimate of drug-likeness (QED) is 0.486. The molecule has 162 valence electrons. The zero-order valence-electron chi connectivity index (χ0n) is 17.3. The highest BCUT2D eigenvalue weighted by Crippen LogP contribution is 2.40. The fourth-order valence-corrected chi connectivity index (χ4v) is 4.17. The third kappa shape index (κ3) is 5.04. The van der Waals surface area contributed by atoms with Gasteiger partial charge in [0, 0.05) is 16.6 Å². The number of aromatic nitrogens is 1. The molecule has 0 spiro atoms. The number of esters is 1. The molecule has 2 aromatic carbocycles. The molecule has 0 bridgehead atoms. The summed E-state index contributed by atoms with van der Waals surface area (Å²) >= 11 is 1.44. The average molecular weight is 442 g/mol. The minimum absolute atomic E-state index is 0.188. The van der Waals surface area contributed by atoms with Crippen molar-refractivity contribution in [3.05, 3.63) is 64.7 Å². The van der Waals surface area contributed by atoms with Gasteiger partial charge in [0.25, 0.3) is 0 Å². The van der Waals surface area contributed by atoms with E-state index in [-0.39, 0.29) is 12.4 Å². The molecule has 0 N–H and O–H groups in total. The van der Waals surface area contributed by atoms with Gasteiger partial charge in [0.15, 0.2) is 6.29 Å². The minimum Gasteiger partial charge on any atom is -0.497 e. The van der Waals surface area contributed by atoms with Gasteiger partial charge in [-0.25, -0.2) is 4.98 Å². The molecule has 0 saturated carbocycles. The van der Waals surface area contributed by atoms with Crippen LogP contribution in [-0.2, 0) is 32.0 Å². The molecule has 0 aliphatic carbocycles. The second kappa shape index (κ2) is 9.91. The molecule has 0 amide bonds. The third-order valence-corrected chi connectivity index (χ3v) is 5.84. The summed E-state index contributed by atoms with van der Waals surface area (Å²) in [7, 11) is 3.01. The molecule has 0 atom stereocenters. The molecule has 3 aromatic rings. The Bertz CT molecular complexity index is 1030. The fraction of sp³-hybridized carbons (Fsp3) is 0.304. The Morgan fingerprint density at radius 2 is 1.90 bits per heavy atom. The molecule has 8 heteroatoms. The van der Waals surface area contributed by atoms with Crippen molar-refractivity contribution in [1.29, 1.82) is 0 Å². The second-order valence-electron chi connectivity index (χ2n) is 6.81. The number of ether oxygens (including phenoxy) is 5. The summed E-state index contributed by atoms with van der Waals surface area (Å²) in [6.07, 6.45) is 1.35. The van der Waals surface area contributed by atoms with Crippen molar-refractivity contribution >= 4 is 17.3 Å². The van der Waals surface area contributed by atoms with Crippen molar-refractivity contribution in [2.45, 2.75) is 19.3 Å². The predicted molar refractivity (Wildman–Crippen MR) is 115 cm³/mol. The monoisotopic (exact) mass is 441 g/mol. The van der Waals surface area contributed by atoms with Crippen LogP contribution in [0.1, 0.15) is 22.3 Å². The van der Waals surface area contributed by atoms with Crippen LogP contribution in [-0.4, -0.2) is 38.4 Å². The lowest BCUT2D eigenvalue weighted by molar-refractivity contribution is -0.139. The topological polar surface area (TPSA) is 76.1 Å². The lowest BCUT2D eigenvalue weighted by Gasteiger charge is -2.18. The van der Waals surface area contributed by atoms with E-state index >= 15 is 0 Å². The summed E-state index contributed by atoms with van der Waals surface area (Å²) in [6.45, 7) is 1.42. The Balaban J connectivity index is 1.62. The first-order valence-electron chi connectivity index (χ1n) is 9.81. The third-order valence-electron chi connectivity index (χ3n) is 4.81. The largest absolute Gasteiger partial charge is 0.497 e. The van der Waals surface area contributed by atoms with Gasteiger partial charge in [0.2, 0.25) is 0 Å². The van der Waals surface area contributed by atoms with Gasteiger partial charge >= 0.3 is 5.97 Å². The zero-order chi connectivity index (χ0) is 21.6. The predicted octanol–water partition coefficient (Wildman–Crippen LogP) is 4.16. The van der Waals surface area contributed by atoms with Crippen molar-refractivity contribution in [3.63, 3.8) is 0 Å². The molecule has 1 fully saturated rings. The molecular weight excluding hydrogens is 418 g/mol. The molecule has 4 rings (SSSR count). The Hall–Kier alpha value is -2.94. The smallest absolute Gasteiger partial charge is 0.310 e. The van der Waals surface area contributed by atoms with Gasteiger partial charge in [-0.1, -0.05) is 24.3 Å². The van der Waals surface area contributed by atoms with Gasteiger partial charge in [-0.2, -0.15) is 0 Å². The van der Waals surface area contributed by atoms with Crippen LogP contribution in [0.4, 0.5) is 0 Å². The summed E-state index contributed by atoms with van der Waals surface area (Å²) in [5.74, 6) is 1.17. The molecular formula is C23H23NO6S. The fourth-order valence-electron chi connectivity index (χ4n) is 3.24. The van der Waals surface area contributed by atoms with Crippen LogP contribution in [0.5, 0.6) is 11.5 Å². The van der Waals surface area contributed by atoms with Gasteiger partial charge in [0.05, 0.1) is 39.4 Å². The maximum Gasteiger partial charge on any atom is 0.310 e. The summed E-state index contributed by atoms with van der Waals surface area (Å²) in [4.78, 5) is 16.9. The minimum atomic E-state index is -0.532. The lowest BCUT2D eigenvalue weighted by atomic mass is 10.1. The maximum absolute atomic E-state index is 11.6. The highest BCUT2D eigenvalue weighted by atomic mass is 32.1. The normalized spacial score (nSPS) is 13.9. The second-order valence-corrected chi connectivity index (χ2v) is 7.93. The number of carbonyl (C=O) groups excluding carboxylic acids is 1. The van der Waals surface area contributed by atoms with Gasteiger partial charge in [0.1, 0.15) is 23.1 Å². The van der Waals surface area contributed by atoms with Crippen molar-refractivity contribution in [3.8, 4) is 22.1 Å². The number of hydrogen-bond acceptors (Lipinski definition) is 8. The van der Waals surface area contributed by atoms with Crippen LogP contribution in [0.25, 0.3) is 10.6 Å². The Kier molecular flexibility index (Phi) is 6.81. The number of methoxy groups -OCH3 is 2. The molecule has 0 unspecified atom stereocenters. The Morgan fingerprint density at radius 1 is 1.13 bits per heavy atom. The van der Waals surface area contributed by atoms with Crippen molar-refractivity contribution in [2.24, 2.45) is 0 Å². The number of nitrogens with zero attached hydrogens (tertiary/aromatic N) is 1. The van der Waals surface area contributed by atoms with Gasteiger partial charge < -0.3 is 23.7 Å². The number of rotatable bonds is 8. The standard InChI is InChI=1S/C23H23NO6S/c1-26-16-8-6-15(7-9-16)14-30-19-5-3-4-18(21(19)23-28-10-11-29-23)22-24-13-17(31-22)12-20(25)27-2/h3-9,13,23H,10-12,14H2,1-2H3. The van der Waals surface area contributed by atoms with E-state index in [2.05, 4.69) is 4.98 Å². The van der Waals surface area contributed by atoms with E-state index in [0.29, 0.717) is 25.6 Å². The van der Waals surface area contributed by atoms with Crippen LogP contribution in [0, 0.1) is 0 Å². The summed E-state index contributed by atoms with van der Waals surface area (Å²) < 4.78 is 27.7. The first kappa shape index (κ1) is 21.3. The number of hydrogen-bond donors (Lipinski definition) is 0. The van der Waals surface area contributed by atoms with E-state index in [1.807, 2.05) is 42.5 Å². The molecule has 2 heterocycles. The van der Waals surface area contributed by atoms with Crippen LogP contribution >= 0.6 is 11.3 Å². The summed E-state index contributed by atoms with van der Waals surface area (Å²) in [5, 5.41) is 0.767. The van der Waals surface area contributed by atoms with Crippen LogP contribution in [0.15, 0.2) is 48.7 Å². The summed E-state index contributed by atoms with van der Waals surface area (Å²) in [6, 6.07) is 13.5. The van der Waals surface area contributed by atoms with Crippen LogP contribution in [0.2, 0.25) is 0 Å². The van der Waals surface area contributed by atoms with E-state index in [9.17, 15) is 4.79 Å². The zero-order valence-corrected chi connectivity index (χ0v) is 18.1. The van der Waals surface area contributed by atoms with Crippen LogP contribution in [0.3, 0.4) is 0 Å². The van der Waals surface area contributed by atoms with Crippen molar-refractivity contribution in [2.75, 3.05) is 27.4 Å². The summed E-state index contributed by atoms with van der Waals surface area (Å²) in [5.41, 5.74) is 2.67. The number of benzene rings is 2. The molecule has 1 aliphatic rings. The number of carbonyl (C=O) groups is 1. The maximum atomic E-state index is 11.6. The molecule has 31 heavy (non-hydrogen) atoms. The van der Waals surface area contributed by atoms with E-state index < -0.39 is 6.29 Å². The van der Waals surface area contributed by atoms with E-state index in [4.69, 9.17) is 23.7 Å². The Morgan fingerprint density at radius 3 is 2.61 bits per heavy atom. The van der Waals surface area contributed by atoms with Crippen LogP contribution < -0.4 is 9.47 Å². The van der Waals surface area contributed by atoms with Crippen molar-refractivity contribution in [1.82, 2.24) is 4.98 Å².